The number of esters is 1. The summed E-state index contributed by atoms with van der Waals surface area (Å²) in [5, 5.41) is 4.30. The Hall–Kier alpha value is -2.84. The first-order chi connectivity index (χ1) is 16.5. The number of benzene rings is 1. The Bertz CT molecular complexity index is 1120. The number of aromatic amines is 1. The van der Waals surface area contributed by atoms with E-state index < -0.39 is 74.8 Å². The zero-order chi connectivity index (χ0) is 27.4. The number of hydrogen-bond donors (Lipinski definition) is 3. The van der Waals surface area contributed by atoms with E-state index in [1.54, 1.807) is 0 Å². The average Bonchev–Trinajstić information content (AvgIpc) is 3.29. The molecule has 1 aromatic heterocycles. The Balaban J connectivity index is 2.20. The van der Waals surface area contributed by atoms with Crippen LogP contribution in [-0.2, 0) is 20.7 Å². The highest BCUT2D eigenvalue weighted by molar-refractivity contribution is 6.67. The molecule has 0 bridgehead atoms. The predicted octanol–water partition coefficient (Wildman–Crippen LogP) is 3.61. The largest absolute Gasteiger partial charge is 0.445 e. The summed E-state index contributed by atoms with van der Waals surface area (Å²) in [7, 11) is 0. The van der Waals surface area contributed by atoms with E-state index in [1.807, 2.05) is 0 Å². The van der Waals surface area contributed by atoms with Gasteiger partial charge in [0.2, 0.25) is 44.5 Å². The lowest BCUT2D eigenvalue weighted by Crippen LogP contribution is -2.58. The molecular formula is C19H16Cl3F5N4O5. The normalized spacial score (nSPS) is 12.6. The summed E-state index contributed by atoms with van der Waals surface area (Å²) < 4.78 is 74.9. The summed E-state index contributed by atoms with van der Waals surface area (Å²) in [4.78, 5) is 43.9. The van der Waals surface area contributed by atoms with Crippen molar-refractivity contribution < 1.29 is 45.8 Å². The van der Waals surface area contributed by atoms with E-state index in [4.69, 9.17) is 39.5 Å². The first-order valence-corrected chi connectivity index (χ1v) is 10.7. The number of nitrogens with zero attached hydrogens (tertiary/aromatic N) is 1. The van der Waals surface area contributed by atoms with Gasteiger partial charge in [0.05, 0.1) is 12.0 Å². The molecular weight excluding hydrogens is 566 g/mol. The van der Waals surface area contributed by atoms with Crippen LogP contribution in [0.1, 0.15) is 19.5 Å². The van der Waals surface area contributed by atoms with Crippen molar-refractivity contribution in [3.05, 3.63) is 47.3 Å². The van der Waals surface area contributed by atoms with Crippen LogP contribution in [0.15, 0.2) is 12.5 Å². The van der Waals surface area contributed by atoms with Gasteiger partial charge < -0.3 is 25.1 Å². The molecule has 3 N–H and O–H groups in total. The number of nitrogens with one attached hydrogen (secondary N) is 3. The highest BCUT2D eigenvalue weighted by Gasteiger charge is 2.38. The van der Waals surface area contributed by atoms with Crippen molar-refractivity contribution in [2.24, 2.45) is 0 Å². The minimum absolute atomic E-state index is 0.249. The van der Waals surface area contributed by atoms with Crippen LogP contribution < -0.4 is 15.4 Å². The van der Waals surface area contributed by atoms with Crippen molar-refractivity contribution >= 4 is 52.8 Å². The molecule has 0 spiro atoms. The average molecular weight is 582 g/mol. The number of ether oxygens (including phenoxy) is 2. The molecule has 0 saturated heterocycles. The highest BCUT2D eigenvalue weighted by Crippen LogP contribution is 2.30. The SMILES string of the molecule is CC(C)(NC(=O)[C@H](Cc1c[nH]cn1)NC(=O)OCC(Cl)(Cl)Cl)C(=O)Oc1c(F)c(F)c(F)c(F)c1F. The number of H-pyrrole nitrogens is 1. The number of amides is 2. The molecule has 1 heterocycles. The first-order valence-electron chi connectivity index (χ1n) is 9.57. The van der Waals surface area contributed by atoms with Gasteiger partial charge in [0.15, 0.2) is 0 Å². The maximum atomic E-state index is 13.9. The van der Waals surface area contributed by atoms with Gasteiger partial charge in [-0.05, 0) is 13.8 Å². The maximum Gasteiger partial charge on any atom is 0.407 e. The Kier molecular flexibility index (Phi) is 9.37. The maximum absolute atomic E-state index is 13.9. The Morgan fingerprint density at radius 3 is 2.08 bits per heavy atom. The summed E-state index contributed by atoms with van der Waals surface area (Å²) in [6.45, 7) is 1.33. The number of carbonyl (C=O) groups excluding carboxylic acids is 3. The van der Waals surface area contributed by atoms with E-state index in [-0.39, 0.29) is 12.1 Å². The van der Waals surface area contributed by atoms with Crippen molar-refractivity contribution in [3.63, 3.8) is 0 Å². The second kappa shape index (κ2) is 11.5. The minimum Gasteiger partial charge on any atom is -0.445 e. The summed E-state index contributed by atoms with van der Waals surface area (Å²) >= 11 is 16.5. The van der Waals surface area contributed by atoms with Gasteiger partial charge >= 0.3 is 12.1 Å². The van der Waals surface area contributed by atoms with Crippen LogP contribution in [0, 0.1) is 29.1 Å². The van der Waals surface area contributed by atoms with Gasteiger partial charge in [-0.15, -0.1) is 0 Å². The van der Waals surface area contributed by atoms with E-state index in [1.165, 1.54) is 12.5 Å². The van der Waals surface area contributed by atoms with Crippen molar-refractivity contribution in [1.29, 1.82) is 0 Å². The number of aromatic nitrogens is 2. The van der Waals surface area contributed by atoms with Crippen molar-refractivity contribution in [3.8, 4) is 5.75 Å². The number of hydrogen-bond acceptors (Lipinski definition) is 6. The molecule has 0 fully saturated rings. The van der Waals surface area contributed by atoms with Crippen molar-refractivity contribution in [1.82, 2.24) is 20.6 Å². The lowest BCUT2D eigenvalue weighted by atomic mass is 10.0. The lowest BCUT2D eigenvalue weighted by Gasteiger charge is -2.27. The number of rotatable bonds is 8. The van der Waals surface area contributed by atoms with E-state index in [0.29, 0.717) is 0 Å². The molecule has 17 heteroatoms. The van der Waals surface area contributed by atoms with Crippen LogP contribution in [0.4, 0.5) is 26.7 Å². The van der Waals surface area contributed by atoms with Crippen LogP contribution in [0.3, 0.4) is 0 Å². The molecule has 0 radical (unpaired) electrons. The van der Waals surface area contributed by atoms with E-state index in [2.05, 4.69) is 25.3 Å². The molecule has 198 valence electrons. The Morgan fingerprint density at radius 1 is 1.03 bits per heavy atom. The van der Waals surface area contributed by atoms with Crippen LogP contribution >= 0.6 is 34.8 Å². The Morgan fingerprint density at radius 2 is 1.58 bits per heavy atom. The summed E-state index contributed by atoms with van der Waals surface area (Å²) in [6.07, 6.45) is 1.22. The zero-order valence-electron chi connectivity index (χ0n) is 18.2. The molecule has 2 amide bonds. The monoisotopic (exact) mass is 580 g/mol. The fourth-order valence-corrected chi connectivity index (χ4v) is 2.66. The van der Waals surface area contributed by atoms with Gasteiger partial charge in [-0.25, -0.2) is 27.7 Å². The number of imidazole rings is 1. The first kappa shape index (κ1) is 29.4. The smallest absolute Gasteiger partial charge is 0.407 e. The molecule has 0 unspecified atom stereocenters. The molecule has 0 aliphatic rings. The van der Waals surface area contributed by atoms with E-state index >= 15 is 0 Å². The fraction of sp³-hybridized carbons (Fsp3) is 0.368. The summed E-state index contributed by atoms with van der Waals surface area (Å²) in [5.41, 5.74) is -1.83. The van der Waals surface area contributed by atoms with E-state index in [0.717, 1.165) is 13.8 Å². The van der Waals surface area contributed by atoms with Crippen LogP contribution in [-0.4, -0.2) is 49.9 Å². The molecule has 2 aromatic rings. The van der Waals surface area contributed by atoms with Crippen LogP contribution in [0.2, 0.25) is 0 Å². The number of halogens is 8. The third kappa shape index (κ3) is 7.58. The quantitative estimate of drug-likeness (QED) is 0.109. The number of carbonyl (C=O) groups is 3. The third-order valence-corrected chi connectivity index (χ3v) is 4.58. The van der Waals surface area contributed by atoms with Gasteiger partial charge in [-0.3, -0.25) is 4.79 Å². The summed E-state index contributed by atoms with van der Waals surface area (Å²) in [5.74, 6) is -16.4. The van der Waals surface area contributed by atoms with Gasteiger partial charge in [0.1, 0.15) is 18.2 Å². The van der Waals surface area contributed by atoms with Gasteiger partial charge in [0, 0.05) is 12.6 Å². The topological polar surface area (TPSA) is 122 Å². The van der Waals surface area contributed by atoms with Crippen LogP contribution in [0.5, 0.6) is 5.75 Å². The second-order valence-corrected chi connectivity index (χ2v) is 10.1. The number of alkyl carbamates (subject to hydrolysis) is 1. The standard InChI is InChI=1S/C19H16Cl3F5N4O5/c1-18(2,16(33)36-14-12(26)10(24)9(23)11(25)13(14)27)31-15(32)8(3-7-4-28-6-29-7)30-17(34)35-5-19(20,21)22/h4,6,8H,3,5H2,1-2H3,(H,28,29)(H,30,34)(H,31,32)/t8-/m0/s1. The predicted molar refractivity (Wildman–Crippen MR) is 115 cm³/mol. The molecule has 9 nitrogen and oxygen atoms in total. The van der Waals surface area contributed by atoms with Gasteiger partial charge in [0.25, 0.3) is 0 Å². The van der Waals surface area contributed by atoms with E-state index in [9.17, 15) is 36.3 Å². The third-order valence-electron chi connectivity index (χ3n) is 4.25. The molecule has 0 aliphatic carbocycles. The van der Waals surface area contributed by atoms with Crippen LogP contribution in [0.25, 0.3) is 0 Å². The molecule has 1 aromatic carbocycles. The molecule has 1 atom stereocenters. The highest BCUT2D eigenvalue weighted by atomic mass is 35.6. The molecule has 2 rings (SSSR count). The Labute approximate surface area is 214 Å². The van der Waals surface area contributed by atoms with Gasteiger partial charge in [-0.1, -0.05) is 34.8 Å². The second-order valence-electron chi connectivity index (χ2n) is 7.56. The van der Waals surface area contributed by atoms with Crippen molar-refractivity contribution in [2.75, 3.05) is 6.61 Å². The summed E-state index contributed by atoms with van der Waals surface area (Å²) in [6, 6.07) is -1.46. The number of alkyl halides is 3. The molecule has 0 aliphatic heterocycles. The minimum atomic E-state index is -2.45. The molecule has 0 saturated carbocycles. The fourth-order valence-electron chi connectivity index (χ4n) is 2.49. The van der Waals surface area contributed by atoms with Gasteiger partial charge in [-0.2, -0.15) is 8.78 Å². The lowest BCUT2D eigenvalue weighted by molar-refractivity contribution is -0.144. The van der Waals surface area contributed by atoms with Crippen molar-refractivity contribution in [2.45, 2.75) is 35.6 Å². The molecule has 36 heavy (non-hydrogen) atoms. The zero-order valence-corrected chi connectivity index (χ0v) is 20.4.